The first kappa shape index (κ1) is 20.3. The van der Waals surface area contributed by atoms with Crippen LogP contribution in [0.4, 0.5) is 5.69 Å². The monoisotopic (exact) mass is 429 g/mol. The second-order valence-corrected chi connectivity index (χ2v) is 9.43. The van der Waals surface area contributed by atoms with E-state index in [9.17, 15) is 9.59 Å². The molecule has 0 bridgehead atoms. The summed E-state index contributed by atoms with van der Waals surface area (Å²) in [4.78, 5) is 28.0. The zero-order valence-corrected chi connectivity index (χ0v) is 17.9. The topological polar surface area (TPSA) is 61.4 Å². The standard InChI is InChI=1S/C22H24ClN3O2S/c1-14-21(27)25-19-12-16(4-7-20(19)29-14)22(28)24-18-8-10-26(11-9-18)13-15-2-5-17(23)6-3-15/h2-7,12,14,18H,8-11,13H2,1H3,(H,24,28)(H,25,27). The predicted octanol–water partition coefficient (Wildman–Crippen LogP) is 4.17. The minimum Gasteiger partial charge on any atom is -0.349 e. The van der Waals surface area contributed by atoms with E-state index >= 15 is 0 Å². The molecule has 7 heteroatoms. The van der Waals surface area contributed by atoms with Crippen LogP contribution in [0, 0.1) is 0 Å². The van der Waals surface area contributed by atoms with Gasteiger partial charge in [-0.3, -0.25) is 14.5 Å². The predicted molar refractivity (Wildman–Crippen MR) is 118 cm³/mol. The fourth-order valence-corrected chi connectivity index (χ4v) is 4.76. The molecule has 0 aliphatic carbocycles. The van der Waals surface area contributed by atoms with Crippen molar-refractivity contribution in [2.45, 2.75) is 42.5 Å². The Morgan fingerprint density at radius 1 is 1.21 bits per heavy atom. The van der Waals surface area contributed by atoms with Gasteiger partial charge in [0.1, 0.15) is 0 Å². The lowest BCUT2D eigenvalue weighted by Crippen LogP contribution is -2.44. The molecule has 0 saturated carbocycles. The molecule has 1 atom stereocenters. The lowest BCUT2D eigenvalue weighted by molar-refractivity contribution is -0.115. The molecule has 2 heterocycles. The lowest BCUT2D eigenvalue weighted by Gasteiger charge is -2.32. The van der Waals surface area contributed by atoms with Crippen molar-refractivity contribution in [1.29, 1.82) is 0 Å². The maximum Gasteiger partial charge on any atom is 0.251 e. The van der Waals surface area contributed by atoms with Crippen LogP contribution in [-0.4, -0.2) is 41.1 Å². The number of hydrogen-bond donors (Lipinski definition) is 2. The number of fused-ring (bicyclic) bond motifs is 1. The Bertz CT molecular complexity index is 911. The van der Waals surface area contributed by atoms with E-state index in [4.69, 9.17) is 11.6 Å². The van der Waals surface area contributed by atoms with E-state index in [1.807, 2.05) is 31.2 Å². The fourth-order valence-electron chi connectivity index (χ4n) is 3.70. The van der Waals surface area contributed by atoms with E-state index in [-0.39, 0.29) is 23.1 Å². The van der Waals surface area contributed by atoms with E-state index < -0.39 is 0 Å². The number of rotatable bonds is 4. The Balaban J connectivity index is 1.30. The second-order valence-electron chi connectivity index (χ2n) is 7.61. The zero-order chi connectivity index (χ0) is 20.4. The number of nitrogens with zero attached hydrogens (tertiary/aromatic N) is 1. The molecule has 2 aliphatic heterocycles. The van der Waals surface area contributed by atoms with Crippen molar-refractivity contribution in [1.82, 2.24) is 10.2 Å². The number of carbonyl (C=O) groups excluding carboxylic acids is 2. The van der Waals surface area contributed by atoms with Crippen LogP contribution in [0.25, 0.3) is 0 Å². The Labute approximate surface area is 180 Å². The van der Waals surface area contributed by atoms with Crippen molar-refractivity contribution in [3.05, 3.63) is 58.6 Å². The number of nitrogens with one attached hydrogen (secondary N) is 2. The van der Waals surface area contributed by atoms with Crippen molar-refractivity contribution in [2.75, 3.05) is 18.4 Å². The number of halogens is 1. The minimum absolute atomic E-state index is 0.0203. The van der Waals surface area contributed by atoms with Crippen LogP contribution >= 0.6 is 23.4 Å². The number of thioether (sulfide) groups is 1. The molecule has 0 aromatic heterocycles. The Morgan fingerprint density at radius 3 is 2.66 bits per heavy atom. The molecule has 1 fully saturated rings. The van der Waals surface area contributed by atoms with Crippen molar-refractivity contribution in [3.63, 3.8) is 0 Å². The minimum atomic E-state index is -0.111. The Hall–Kier alpha value is -2.02. The van der Waals surface area contributed by atoms with Crippen LogP contribution in [-0.2, 0) is 11.3 Å². The number of benzene rings is 2. The molecule has 29 heavy (non-hydrogen) atoms. The molecule has 152 valence electrons. The lowest BCUT2D eigenvalue weighted by atomic mass is 10.0. The Kier molecular flexibility index (Phi) is 6.13. The SMILES string of the molecule is CC1Sc2ccc(C(=O)NC3CCN(Cc4ccc(Cl)cc4)CC3)cc2NC1=O. The summed E-state index contributed by atoms with van der Waals surface area (Å²) in [6, 6.07) is 13.7. The number of amides is 2. The van der Waals surface area contributed by atoms with Gasteiger partial charge in [0.05, 0.1) is 10.9 Å². The summed E-state index contributed by atoms with van der Waals surface area (Å²) >= 11 is 7.47. The summed E-state index contributed by atoms with van der Waals surface area (Å²) < 4.78 is 0. The van der Waals surface area contributed by atoms with E-state index in [2.05, 4.69) is 27.7 Å². The summed E-state index contributed by atoms with van der Waals surface area (Å²) in [6.07, 6.45) is 1.85. The molecular weight excluding hydrogens is 406 g/mol. The number of likely N-dealkylation sites (tertiary alicyclic amines) is 1. The van der Waals surface area contributed by atoms with Gasteiger partial charge in [-0.15, -0.1) is 11.8 Å². The summed E-state index contributed by atoms with van der Waals surface area (Å²) in [5.41, 5.74) is 2.56. The van der Waals surface area contributed by atoms with Crippen LogP contribution < -0.4 is 10.6 Å². The van der Waals surface area contributed by atoms with Crippen molar-refractivity contribution in [2.24, 2.45) is 0 Å². The van der Waals surface area contributed by atoms with Crippen molar-refractivity contribution in [3.8, 4) is 0 Å². The van der Waals surface area contributed by atoms with Gasteiger partial charge in [-0.25, -0.2) is 0 Å². The van der Waals surface area contributed by atoms with E-state index in [1.165, 1.54) is 17.3 Å². The molecule has 2 aliphatic rings. The van der Waals surface area contributed by atoms with Gasteiger partial charge in [0.2, 0.25) is 5.91 Å². The van der Waals surface area contributed by atoms with Gasteiger partial charge in [-0.1, -0.05) is 23.7 Å². The highest BCUT2D eigenvalue weighted by Crippen LogP contribution is 2.36. The fraction of sp³-hybridized carbons (Fsp3) is 0.364. The van der Waals surface area contributed by atoms with E-state index in [0.717, 1.165) is 48.1 Å². The van der Waals surface area contributed by atoms with Gasteiger partial charge < -0.3 is 10.6 Å². The summed E-state index contributed by atoms with van der Waals surface area (Å²) in [5, 5.41) is 6.68. The maximum atomic E-state index is 12.7. The first-order chi connectivity index (χ1) is 14.0. The van der Waals surface area contributed by atoms with E-state index in [1.54, 1.807) is 6.07 Å². The summed E-state index contributed by atoms with van der Waals surface area (Å²) in [5.74, 6) is -0.102. The van der Waals surface area contributed by atoms with Crippen LogP contribution in [0.5, 0.6) is 0 Å². The van der Waals surface area contributed by atoms with Crippen molar-refractivity contribution >= 4 is 40.9 Å². The number of anilines is 1. The summed E-state index contributed by atoms with van der Waals surface area (Å²) in [7, 11) is 0. The van der Waals surface area contributed by atoms with Crippen LogP contribution in [0.1, 0.15) is 35.7 Å². The molecule has 2 N–H and O–H groups in total. The van der Waals surface area contributed by atoms with Crippen LogP contribution in [0.3, 0.4) is 0 Å². The molecule has 2 aromatic rings. The van der Waals surface area contributed by atoms with Gasteiger partial charge in [-0.05, 0) is 55.7 Å². The molecule has 1 saturated heterocycles. The third-order valence-electron chi connectivity index (χ3n) is 5.41. The number of piperidine rings is 1. The normalized spacial score (nSPS) is 20.1. The maximum absolute atomic E-state index is 12.7. The highest BCUT2D eigenvalue weighted by molar-refractivity contribution is 8.00. The highest BCUT2D eigenvalue weighted by atomic mass is 35.5. The summed E-state index contributed by atoms with van der Waals surface area (Å²) in [6.45, 7) is 4.67. The van der Waals surface area contributed by atoms with Crippen molar-refractivity contribution < 1.29 is 9.59 Å². The molecular formula is C22H24ClN3O2S. The largest absolute Gasteiger partial charge is 0.349 e. The van der Waals surface area contributed by atoms with Gasteiger partial charge in [0, 0.05) is 41.2 Å². The van der Waals surface area contributed by atoms with Crippen LogP contribution in [0.2, 0.25) is 5.02 Å². The third-order valence-corrected chi connectivity index (χ3v) is 6.84. The quantitative estimate of drug-likeness (QED) is 0.765. The number of hydrogen-bond acceptors (Lipinski definition) is 4. The van der Waals surface area contributed by atoms with Crippen LogP contribution in [0.15, 0.2) is 47.4 Å². The molecule has 2 aromatic carbocycles. The molecule has 4 rings (SSSR count). The van der Waals surface area contributed by atoms with Gasteiger partial charge in [-0.2, -0.15) is 0 Å². The molecule has 2 amide bonds. The smallest absolute Gasteiger partial charge is 0.251 e. The molecule has 0 spiro atoms. The highest BCUT2D eigenvalue weighted by Gasteiger charge is 2.25. The molecule has 1 unspecified atom stereocenters. The average molecular weight is 430 g/mol. The first-order valence-electron chi connectivity index (χ1n) is 9.87. The number of carbonyl (C=O) groups is 2. The average Bonchev–Trinajstić information content (AvgIpc) is 2.71. The second kappa shape index (κ2) is 8.78. The first-order valence-corrected chi connectivity index (χ1v) is 11.1. The van der Waals surface area contributed by atoms with Gasteiger partial charge in [0.25, 0.3) is 5.91 Å². The zero-order valence-electron chi connectivity index (χ0n) is 16.3. The molecule has 0 radical (unpaired) electrons. The van der Waals surface area contributed by atoms with E-state index in [0.29, 0.717) is 5.56 Å². The third kappa shape index (κ3) is 4.94. The molecule has 5 nitrogen and oxygen atoms in total. The Morgan fingerprint density at radius 2 is 1.93 bits per heavy atom. The van der Waals surface area contributed by atoms with Gasteiger partial charge in [0.15, 0.2) is 0 Å². The van der Waals surface area contributed by atoms with Gasteiger partial charge >= 0.3 is 0 Å².